The molecule has 4 nitrogen and oxygen atoms in total. The molecule has 0 aliphatic heterocycles. The van der Waals surface area contributed by atoms with Gasteiger partial charge in [0.2, 0.25) is 0 Å². The molecule has 18 heavy (non-hydrogen) atoms. The molecule has 1 fully saturated rings. The lowest BCUT2D eigenvalue weighted by atomic mass is 9.92. The van der Waals surface area contributed by atoms with Crippen LogP contribution in [0.4, 0.5) is 5.82 Å². The molecule has 0 radical (unpaired) electrons. The molecule has 1 aliphatic rings. The Labute approximate surface area is 108 Å². The van der Waals surface area contributed by atoms with Crippen molar-refractivity contribution in [2.24, 2.45) is 0 Å². The third-order valence-corrected chi connectivity index (χ3v) is 3.51. The SMILES string of the molecule is Cc1cc(C)c(C#N)c(NC2CCCCC2O)n1. The van der Waals surface area contributed by atoms with Gasteiger partial charge >= 0.3 is 0 Å². The summed E-state index contributed by atoms with van der Waals surface area (Å²) in [5, 5.41) is 22.4. The largest absolute Gasteiger partial charge is 0.391 e. The number of anilines is 1. The molecule has 2 N–H and O–H groups in total. The molecular weight excluding hydrogens is 226 g/mol. The van der Waals surface area contributed by atoms with Gasteiger partial charge < -0.3 is 10.4 Å². The monoisotopic (exact) mass is 245 g/mol. The van der Waals surface area contributed by atoms with E-state index < -0.39 is 0 Å². The fourth-order valence-electron chi connectivity index (χ4n) is 2.54. The predicted octanol–water partition coefficient (Wildman–Crippen LogP) is 2.29. The molecular formula is C14H19N3O. The Morgan fingerprint density at radius 3 is 2.78 bits per heavy atom. The summed E-state index contributed by atoms with van der Waals surface area (Å²) >= 11 is 0. The summed E-state index contributed by atoms with van der Waals surface area (Å²) in [7, 11) is 0. The van der Waals surface area contributed by atoms with E-state index in [0.29, 0.717) is 11.4 Å². The Morgan fingerprint density at radius 1 is 1.39 bits per heavy atom. The van der Waals surface area contributed by atoms with E-state index in [1.807, 2.05) is 19.9 Å². The number of hydrogen-bond acceptors (Lipinski definition) is 4. The van der Waals surface area contributed by atoms with Gasteiger partial charge in [0.05, 0.1) is 17.7 Å². The van der Waals surface area contributed by atoms with Gasteiger partial charge in [-0.15, -0.1) is 0 Å². The molecule has 0 aromatic carbocycles. The van der Waals surface area contributed by atoms with E-state index in [1.165, 1.54) is 0 Å². The number of nitrogens with one attached hydrogen (secondary N) is 1. The van der Waals surface area contributed by atoms with Gasteiger partial charge in [-0.3, -0.25) is 0 Å². The number of aliphatic hydroxyl groups is 1. The van der Waals surface area contributed by atoms with Crippen LogP contribution in [0, 0.1) is 25.2 Å². The maximum absolute atomic E-state index is 9.96. The number of aryl methyl sites for hydroxylation is 2. The van der Waals surface area contributed by atoms with E-state index in [0.717, 1.165) is 36.9 Å². The topological polar surface area (TPSA) is 68.9 Å². The average Bonchev–Trinajstić information content (AvgIpc) is 2.31. The van der Waals surface area contributed by atoms with Crippen LogP contribution in [0.1, 0.15) is 42.5 Å². The van der Waals surface area contributed by atoms with Crippen LogP contribution in [0.5, 0.6) is 0 Å². The van der Waals surface area contributed by atoms with Crippen molar-refractivity contribution in [3.63, 3.8) is 0 Å². The highest BCUT2D eigenvalue weighted by Gasteiger charge is 2.24. The van der Waals surface area contributed by atoms with Crippen molar-refractivity contribution in [2.45, 2.75) is 51.7 Å². The van der Waals surface area contributed by atoms with Crippen molar-refractivity contribution >= 4 is 5.82 Å². The molecule has 2 unspecified atom stereocenters. The zero-order valence-corrected chi connectivity index (χ0v) is 10.9. The first kappa shape index (κ1) is 12.8. The minimum Gasteiger partial charge on any atom is -0.391 e. The van der Waals surface area contributed by atoms with Crippen LogP contribution in [0.2, 0.25) is 0 Å². The third kappa shape index (κ3) is 2.62. The number of aliphatic hydroxyl groups excluding tert-OH is 1. The van der Waals surface area contributed by atoms with Crippen LogP contribution in [0.25, 0.3) is 0 Å². The van der Waals surface area contributed by atoms with Crippen LogP contribution in [0.3, 0.4) is 0 Å². The van der Waals surface area contributed by atoms with Gasteiger partial charge in [-0.25, -0.2) is 4.98 Å². The van der Waals surface area contributed by atoms with E-state index in [9.17, 15) is 10.4 Å². The van der Waals surface area contributed by atoms with E-state index in [4.69, 9.17) is 0 Å². The van der Waals surface area contributed by atoms with Crippen LogP contribution in [0.15, 0.2) is 6.07 Å². The number of nitrogens with zero attached hydrogens (tertiary/aromatic N) is 2. The first-order valence-corrected chi connectivity index (χ1v) is 6.44. The molecule has 2 rings (SSSR count). The fraction of sp³-hybridized carbons (Fsp3) is 0.571. The summed E-state index contributed by atoms with van der Waals surface area (Å²) in [5.41, 5.74) is 2.40. The van der Waals surface area contributed by atoms with Gasteiger partial charge in [0.1, 0.15) is 11.9 Å². The molecule has 0 amide bonds. The quantitative estimate of drug-likeness (QED) is 0.838. The Balaban J connectivity index is 2.25. The molecule has 1 aromatic rings. The third-order valence-electron chi connectivity index (χ3n) is 3.51. The maximum atomic E-state index is 9.96. The number of aromatic nitrogens is 1. The summed E-state index contributed by atoms with van der Waals surface area (Å²) < 4.78 is 0. The summed E-state index contributed by atoms with van der Waals surface area (Å²) in [5.74, 6) is 0.612. The van der Waals surface area contributed by atoms with Crippen molar-refractivity contribution in [3.8, 4) is 6.07 Å². The van der Waals surface area contributed by atoms with Crippen molar-refractivity contribution in [1.29, 1.82) is 5.26 Å². The van der Waals surface area contributed by atoms with Crippen LogP contribution in [-0.4, -0.2) is 22.2 Å². The molecule has 1 aromatic heterocycles. The van der Waals surface area contributed by atoms with Crippen molar-refractivity contribution in [1.82, 2.24) is 4.98 Å². The molecule has 1 saturated carbocycles. The van der Waals surface area contributed by atoms with Gasteiger partial charge in [-0.05, 0) is 38.3 Å². The van der Waals surface area contributed by atoms with E-state index in [1.54, 1.807) is 0 Å². The summed E-state index contributed by atoms with van der Waals surface area (Å²) in [4.78, 5) is 4.39. The van der Waals surface area contributed by atoms with Gasteiger partial charge in [-0.1, -0.05) is 12.8 Å². The highest BCUT2D eigenvalue weighted by molar-refractivity contribution is 5.57. The molecule has 96 valence electrons. The number of pyridine rings is 1. The summed E-state index contributed by atoms with van der Waals surface area (Å²) in [6.45, 7) is 3.83. The van der Waals surface area contributed by atoms with Crippen molar-refractivity contribution in [2.75, 3.05) is 5.32 Å². The van der Waals surface area contributed by atoms with Crippen LogP contribution >= 0.6 is 0 Å². The Morgan fingerprint density at radius 2 is 2.11 bits per heavy atom. The zero-order valence-electron chi connectivity index (χ0n) is 10.9. The van der Waals surface area contributed by atoms with Gasteiger partial charge in [0.25, 0.3) is 0 Å². The lowest BCUT2D eigenvalue weighted by Gasteiger charge is -2.29. The second kappa shape index (κ2) is 5.36. The Bertz CT molecular complexity index is 479. The number of rotatable bonds is 2. The molecule has 1 aliphatic carbocycles. The fourth-order valence-corrected chi connectivity index (χ4v) is 2.54. The zero-order chi connectivity index (χ0) is 13.1. The number of hydrogen-bond donors (Lipinski definition) is 2. The molecule has 2 atom stereocenters. The minimum atomic E-state index is -0.340. The number of nitriles is 1. The highest BCUT2D eigenvalue weighted by Crippen LogP contribution is 2.24. The molecule has 0 spiro atoms. The van der Waals surface area contributed by atoms with Crippen molar-refractivity contribution in [3.05, 3.63) is 22.9 Å². The lowest BCUT2D eigenvalue weighted by molar-refractivity contribution is 0.116. The van der Waals surface area contributed by atoms with Gasteiger partial charge in [-0.2, -0.15) is 5.26 Å². The first-order valence-electron chi connectivity index (χ1n) is 6.44. The molecule has 0 bridgehead atoms. The van der Waals surface area contributed by atoms with E-state index >= 15 is 0 Å². The Hall–Kier alpha value is -1.60. The normalized spacial score (nSPS) is 23.4. The second-order valence-electron chi connectivity index (χ2n) is 5.02. The minimum absolute atomic E-state index is 0.0135. The summed E-state index contributed by atoms with van der Waals surface area (Å²) in [6.07, 6.45) is 3.60. The first-order chi connectivity index (χ1) is 8.61. The highest BCUT2D eigenvalue weighted by atomic mass is 16.3. The lowest BCUT2D eigenvalue weighted by Crippen LogP contribution is -2.36. The van der Waals surface area contributed by atoms with Crippen molar-refractivity contribution < 1.29 is 5.11 Å². The average molecular weight is 245 g/mol. The molecule has 4 heteroatoms. The standard InChI is InChI=1S/C14H19N3O/c1-9-7-10(2)16-14(11(9)8-15)17-12-5-3-4-6-13(12)18/h7,12-13,18H,3-6H2,1-2H3,(H,16,17). The smallest absolute Gasteiger partial charge is 0.144 e. The molecule has 0 saturated heterocycles. The van der Waals surface area contributed by atoms with Crippen LogP contribution in [-0.2, 0) is 0 Å². The van der Waals surface area contributed by atoms with Gasteiger partial charge in [0, 0.05) is 5.69 Å². The van der Waals surface area contributed by atoms with Crippen LogP contribution < -0.4 is 5.32 Å². The summed E-state index contributed by atoms with van der Waals surface area (Å²) in [6, 6.07) is 4.11. The predicted molar refractivity (Wildman–Crippen MR) is 70.3 cm³/mol. The van der Waals surface area contributed by atoms with Gasteiger partial charge in [0.15, 0.2) is 0 Å². The molecule has 1 heterocycles. The van der Waals surface area contributed by atoms with E-state index in [2.05, 4.69) is 16.4 Å². The Kier molecular flexibility index (Phi) is 3.83. The maximum Gasteiger partial charge on any atom is 0.144 e. The second-order valence-corrected chi connectivity index (χ2v) is 5.02. The van der Waals surface area contributed by atoms with E-state index in [-0.39, 0.29) is 12.1 Å².